The lowest BCUT2D eigenvalue weighted by Crippen LogP contribution is -2.28. The number of carbonyl (C=O) groups excluding carboxylic acids is 2. The number of para-hydroxylation sites is 1. The van der Waals surface area contributed by atoms with E-state index in [1.54, 1.807) is 48.0 Å². The van der Waals surface area contributed by atoms with Crippen molar-refractivity contribution in [3.63, 3.8) is 0 Å². The van der Waals surface area contributed by atoms with Crippen LogP contribution in [0.3, 0.4) is 0 Å². The summed E-state index contributed by atoms with van der Waals surface area (Å²) >= 11 is 0. The summed E-state index contributed by atoms with van der Waals surface area (Å²) in [6.45, 7) is -0.275. The molecule has 7 nitrogen and oxygen atoms in total. The minimum Gasteiger partial charge on any atom is -0.493 e. The van der Waals surface area contributed by atoms with Crippen LogP contribution in [0.2, 0.25) is 0 Å². The molecule has 0 bridgehead atoms. The molecule has 0 unspecified atom stereocenters. The summed E-state index contributed by atoms with van der Waals surface area (Å²) in [6.07, 6.45) is 0. The molecule has 0 aliphatic heterocycles. The van der Waals surface area contributed by atoms with Gasteiger partial charge in [-0.05, 0) is 18.2 Å². The van der Waals surface area contributed by atoms with E-state index in [-0.39, 0.29) is 24.0 Å². The molecule has 3 aromatic rings. The first-order valence-corrected chi connectivity index (χ1v) is 7.62. The second-order valence-electron chi connectivity index (χ2n) is 5.39. The summed E-state index contributed by atoms with van der Waals surface area (Å²) in [5.41, 5.74) is 1.46. The van der Waals surface area contributed by atoms with Gasteiger partial charge in [-0.3, -0.25) is 9.59 Å². The first kappa shape index (κ1) is 16.4. The van der Waals surface area contributed by atoms with Gasteiger partial charge in [-0.1, -0.05) is 36.4 Å². The average molecular weight is 336 g/mol. The maximum Gasteiger partial charge on any atom is 0.283 e. The van der Waals surface area contributed by atoms with Gasteiger partial charge in [-0.25, -0.2) is 0 Å². The number of rotatable bonds is 4. The molecule has 0 atom stereocenters. The molecule has 0 saturated carbocycles. The van der Waals surface area contributed by atoms with Crippen molar-refractivity contribution in [1.29, 1.82) is 0 Å². The van der Waals surface area contributed by atoms with E-state index in [9.17, 15) is 14.7 Å². The zero-order valence-electron chi connectivity index (χ0n) is 13.5. The number of benzene rings is 2. The fourth-order valence-corrected chi connectivity index (χ4v) is 2.45. The lowest BCUT2D eigenvalue weighted by atomic mass is 10.2. The number of aromatic nitrogens is 1. The van der Waals surface area contributed by atoms with Crippen molar-refractivity contribution in [2.75, 3.05) is 6.54 Å². The third-order valence-electron chi connectivity index (χ3n) is 3.75. The molecule has 7 heteroatoms. The molecule has 0 aliphatic rings. The van der Waals surface area contributed by atoms with Crippen molar-refractivity contribution in [2.24, 2.45) is 17.3 Å². The summed E-state index contributed by atoms with van der Waals surface area (Å²) in [6, 6.07) is 15.8. The van der Waals surface area contributed by atoms with Crippen LogP contribution >= 0.6 is 0 Å². The van der Waals surface area contributed by atoms with Crippen LogP contribution in [0.1, 0.15) is 10.4 Å². The first-order chi connectivity index (χ1) is 12.1. The monoisotopic (exact) mass is 336 g/mol. The van der Waals surface area contributed by atoms with Gasteiger partial charge in [0.15, 0.2) is 5.69 Å². The summed E-state index contributed by atoms with van der Waals surface area (Å²) < 4.78 is 1.56. The summed E-state index contributed by atoms with van der Waals surface area (Å²) in [7, 11) is 1.69. The summed E-state index contributed by atoms with van der Waals surface area (Å²) in [5.74, 6) is -1.06. The Hall–Kier alpha value is -3.48. The van der Waals surface area contributed by atoms with Crippen molar-refractivity contribution in [1.82, 2.24) is 9.88 Å². The molecule has 2 amide bonds. The van der Waals surface area contributed by atoms with E-state index in [1.165, 1.54) is 0 Å². The van der Waals surface area contributed by atoms with Crippen molar-refractivity contribution in [2.45, 2.75) is 0 Å². The molecule has 0 saturated heterocycles. The van der Waals surface area contributed by atoms with Gasteiger partial charge in [-0.2, -0.15) is 0 Å². The molecule has 126 valence electrons. The molecule has 2 aromatic carbocycles. The van der Waals surface area contributed by atoms with E-state index in [4.69, 9.17) is 0 Å². The number of azo groups is 1. The molecular weight excluding hydrogens is 320 g/mol. The Kier molecular flexibility index (Phi) is 4.56. The van der Waals surface area contributed by atoms with E-state index in [0.717, 1.165) is 5.52 Å². The SMILES string of the molecule is Cn1c(O)c(N=NC(=O)CNC(=O)c2ccccc2)c2ccccc21. The number of carbonyl (C=O) groups is 2. The molecular formula is C18H16N4O3. The number of amides is 2. The topological polar surface area (TPSA) is 96.0 Å². The maximum atomic E-state index is 11.9. The van der Waals surface area contributed by atoms with Crippen LogP contribution in [0.5, 0.6) is 5.88 Å². The number of aryl methyl sites for hydroxylation is 1. The number of hydrogen-bond acceptors (Lipinski definition) is 4. The lowest BCUT2D eigenvalue weighted by Gasteiger charge is -2.01. The van der Waals surface area contributed by atoms with Crippen LogP contribution in [0.25, 0.3) is 10.9 Å². The predicted molar refractivity (Wildman–Crippen MR) is 92.9 cm³/mol. The second kappa shape index (κ2) is 6.96. The number of nitrogens with one attached hydrogen (secondary N) is 1. The molecule has 0 fully saturated rings. The smallest absolute Gasteiger partial charge is 0.283 e. The fourth-order valence-electron chi connectivity index (χ4n) is 2.45. The van der Waals surface area contributed by atoms with Gasteiger partial charge in [0.2, 0.25) is 5.88 Å². The van der Waals surface area contributed by atoms with E-state index in [1.807, 2.05) is 18.2 Å². The highest BCUT2D eigenvalue weighted by atomic mass is 16.3. The Morgan fingerprint density at radius 3 is 2.52 bits per heavy atom. The molecule has 3 rings (SSSR count). The van der Waals surface area contributed by atoms with E-state index < -0.39 is 5.91 Å². The van der Waals surface area contributed by atoms with Crippen molar-refractivity contribution >= 4 is 28.4 Å². The van der Waals surface area contributed by atoms with Crippen LogP contribution in [-0.4, -0.2) is 28.0 Å². The van der Waals surface area contributed by atoms with E-state index in [2.05, 4.69) is 15.5 Å². The van der Waals surface area contributed by atoms with E-state index in [0.29, 0.717) is 10.9 Å². The number of aromatic hydroxyl groups is 1. The lowest BCUT2D eigenvalue weighted by molar-refractivity contribution is -0.117. The molecule has 25 heavy (non-hydrogen) atoms. The summed E-state index contributed by atoms with van der Waals surface area (Å²) in [4.78, 5) is 23.7. The van der Waals surface area contributed by atoms with Crippen LogP contribution in [0, 0.1) is 0 Å². The van der Waals surface area contributed by atoms with Gasteiger partial charge in [0, 0.05) is 18.0 Å². The van der Waals surface area contributed by atoms with E-state index >= 15 is 0 Å². The quantitative estimate of drug-likeness (QED) is 0.717. The fraction of sp³-hybridized carbons (Fsp3) is 0.111. The highest BCUT2D eigenvalue weighted by Gasteiger charge is 2.14. The molecule has 2 N–H and O–H groups in total. The van der Waals surface area contributed by atoms with Gasteiger partial charge < -0.3 is 15.0 Å². The standard InChI is InChI=1S/C18H16N4O3/c1-22-14-10-6-5-9-13(14)16(18(22)25)21-20-15(23)11-19-17(24)12-7-3-2-4-8-12/h2-10,25H,11H2,1H3,(H,19,24). The molecule has 1 heterocycles. The Morgan fingerprint density at radius 2 is 1.76 bits per heavy atom. The van der Waals surface area contributed by atoms with Crippen LogP contribution < -0.4 is 5.32 Å². The zero-order chi connectivity index (χ0) is 17.8. The Bertz CT molecular complexity index is 961. The van der Waals surface area contributed by atoms with Crippen molar-refractivity contribution in [3.05, 3.63) is 60.2 Å². The van der Waals surface area contributed by atoms with Gasteiger partial charge in [-0.15, -0.1) is 10.2 Å². The largest absolute Gasteiger partial charge is 0.493 e. The zero-order valence-corrected chi connectivity index (χ0v) is 13.5. The van der Waals surface area contributed by atoms with Crippen molar-refractivity contribution in [3.8, 4) is 5.88 Å². The predicted octanol–water partition coefficient (Wildman–Crippen LogP) is 2.92. The molecule has 1 aromatic heterocycles. The van der Waals surface area contributed by atoms with Gasteiger partial charge in [0.05, 0.1) is 5.52 Å². The molecule has 0 aliphatic carbocycles. The van der Waals surface area contributed by atoms with Crippen molar-refractivity contribution < 1.29 is 14.7 Å². The minimum absolute atomic E-state index is 0.0777. The van der Waals surface area contributed by atoms with Gasteiger partial charge in [0.25, 0.3) is 11.8 Å². The van der Waals surface area contributed by atoms with Gasteiger partial charge in [0.1, 0.15) is 6.54 Å². The Morgan fingerprint density at radius 1 is 1.08 bits per heavy atom. The number of hydrogen-bond donors (Lipinski definition) is 2. The van der Waals surface area contributed by atoms with Gasteiger partial charge >= 0.3 is 0 Å². The average Bonchev–Trinajstić information content (AvgIpc) is 2.89. The third-order valence-corrected chi connectivity index (χ3v) is 3.75. The molecule has 0 spiro atoms. The summed E-state index contributed by atoms with van der Waals surface area (Å²) in [5, 5.41) is 20.7. The highest BCUT2D eigenvalue weighted by Crippen LogP contribution is 2.37. The Balaban J connectivity index is 1.69. The second-order valence-corrected chi connectivity index (χ2v) is 5.39. The highest BCUT2D eigenvalue weighted by molar-refractivity contribution is 5.97. The van der Waals surface area contributed by atoms with Crippen LogP contribution in [0.15, 0.2) is 64.8 Å². The third kappa shape index (κ3) is 3.40. The normalized spacial score (nSPS) is 11.1. The van der Waals surface area contributed by atoms with Crippen LogP contribution in [-0.2, 0) is 11.8 Å². The Labute approximate surface area is 143 Å². The van der Waals surface area contributed by atoms with Crippen LogP contribution in [0.4, 0.5) is 5.69 Å². The number of nitrogens with zero attached hydrogens (tertiary/aromatic N) is 3. The number of fused-ring (bicyclic) bond motifs is 1. The maximum absolute atomic E-state index is 11.9. The minimum atomic E-state index is -0.614. The molecule has 0 radical (unpaired) electrons. The first-order valence-electron chi connectivity index (χ1n) is 7.62.